The van der Waals surface area contributed by atoms with E-state index in [9.17, 15) is 4.79 Å². The van der Waals surface area contributed by atoms with Crippen LogP contribution in [-0.2, 0) is 17.6 Å². The van der Waals surface area contributed by atoms with Crippen LogP contribution in [0.25, 0.3) is 22.3 Å². The van der Waals surface area contributed by atoms with Gasteiger partial charge in [0.25, 0.3) is 0 Å². The molecule has 0 saturated heterocycles. The van der Waals surface area contributed by atoms with Gasteiger partial charge in [0.15, 0.2) is 36.6 Å². The third-order valence-electron chi connectivity index (χ3n) is 7.17. The van der Waals surface area contributed by atoms with Gasteiger partial charge in [0.05, 0.1) is 26.2 Å². The first-order valence-electron chi connectivity index (χ1n) is 12.7. The molecule has 3 aromatic carbocycles. The summed E-state index contributed by atoms with van der Waals surface area (Å²) in [6.07, 6.45) is 0. The minimum Gasteiger partial charge on any atom is -0.493 e. The highest BCUT2D eigenvalue weighted by Crippen LogP contribution is 2.38. The number of methoxy groups -OCH3 is 2. The number of fused-ring (bicyclic) bond motifs is 1. The van der Waals surface area contributed by atoms with E-state index in [-0.39, 0.29) is 10.5 Å². The predicted octanol–water partition coefficient (Wildman–Crippen LogP) is 7.58. The van der Waals surface area contributed by atoms with Crippen molar-refractivity contribution in [1.29, 1.82) is 0 Å². The average molecular weight is 533 g/mol. The first-order chi connectivity index (χ1) is 18.0. The van der Waals surface area contributed by atoms with Crippen LogP contribution in [0.5, 0.6) is 17.2 Å². The summed E-state index contributed by atoms with van der Waals surface area (Å²) in [7, 11) is 1.20. The summed E-state index contributed by atoms with van der Waals surface area (Å²) in [5.41, 5.74) is 2.87. The lowest BCUT2D eigenvalue weighted by Crippen LogP contribution is -2.40. The van der Waals surface area contributed by atoms with E-state index in [1.165, 1.54) is 6.07 Å². The molecule has 0 unspecified atom stereocenters. The molecule has 0 saturated carbocycles. The fraction of sp³-hybridized carbons (Fsp3) is 0.323. The van der Waals surface area contributed by atoms with Crippen molar-refractivity contribution in [1.82, 2.24) is 0 Å². The van der Waals surface area contributed by atoms with Crippen molar-refractivity contribution in [2.75, 3.05) is 14.2 Å². The lowest BCUT2D eigenvalue weighted by Gasteiger charge is -2.36. The molecular weight excluding hydrogens is 496 g/mol. The zero-order valence-corrected chi connectivity index (χ0v) is 24.2. The van der Waals surface area contributed by atoms with E-state index in [4.69, 9.17) is 23.1 Å². The zero-order valence-electron chi connectivity index (χ0n) is 23.2. The lowest BCUT2D eigenvalue weighted by atomic mass is 10.1. The van der Waals surface area contributed by atoms with Crippen LogP contribution in [0.15, 0.2) is 75.9 Å². The van der Waals surface area contributed by atoms with Gasteiger partial charge < -0.3 is 23.1 Å². The highest BCUT2D eigenvalue weighted by atomic mass is 28.4. The van der Waals surface area contributed by atoms with Gasteiger partial charge in [-0.15, -0.1) is 0 Å². The average Bonchev–Trinajstić information content (AvgIpc) is 2.90. The highest BCUT2D eigenvalue weighted by molar-refractivity contribution is 6.74. The lowest BCUT2D eigenvalue weighted by molar-refractivity contribution is 0.276. The number of hydrogen-bond donors (Lipinski definition) is 0. The Kier molecular flexibility index (Phi) is 7.99. The highest BCUT2D eigenvalue weighted by Gasteiger charge is 2.37. The van der Waals surface area contributed by atoms with Gasteiger partial charge >= 0.3 is 0 Å². The second kappa shape index (κ2) is 11.1. The van der Waals surface area contributed by atoms with Crippen LogP contribution >= 0.6 is 0 Å². The SMILES string of the molecule is COc1cc(-c2cc(=O)c3cc(CO[Si](C)(C)C(C)(C)C)cc(OC)c3o2)ccc1OCc1ccccc1. The molecule has 0 radical (unpaired) electrons. The summed E-state index contributed by atoms with van der Waals surface area (Å²) in [6, 6.07) is 20.6. The molecule has 0 bridgehead atoms. The van der Waals surface area contributed by atoms with Gasteiger partial charge in [-0.2, -0.15) is 0 Å². The molecule has 4 aromatic rings. The molecule has 6 nitrogen and oxygen atoms in total. The van der Waals surface area contributed by atoms with E-state index in [0.29, 0.717) is 52.8 Å². The van der Waals surface area contributed by atoms with Crippen molar-refractivity contribution in [2.45, 2.75) is 52.1 Å². The Hall–Kier alpha value is -3.55. The van der Waals surface area contributed by atoms with Crippen LogP contribution < -0.4 is 19.6 Å². The van der Waals surface area contributed by atoms with Crippen LogP contribution in [-0.4, -0.2) is 22.5 Å². The molecule has 0 aliphatic carbocycles. The largest absolute Gasteiger partial charge is 0.493 e. The minimum atomic E-state index is -1.95. The van der Waals surface area contributed by atoms with E-state index in [2.05, 4.69) is 33.9 Å². The first kappa shape index (κ1) is 27.5. The van der Waals surface area contributed by atoms with Crippen molar-refractivity contribution in [2.24, 2.45) is 0 Å². The molecule has 7 heteroatoms. The molecule has 0 aliphatic heterocycles. The Morgan fingerprint density at radius 2 is 1.50 bits per heavy atom. The van der Waals surface area contributed by atoms with Crippen molar-refractivity contribution in [3.05, 3.63) is 88.1 Å². The molecule has 0 spiro atoms. The van der Waals surface area contributed by atoms with Gasteiger partial charge in [-0.3, -0.25) is 4.79 Å². The van der Waals surface area contributed by atoms with Gasteiger partial charge in [0.1, 0.15) is 12.4 Å². The molecule has 4 rings (SSSR count). The van der Waals surface area contributed by atoms with E-state index in [1.54, 1.807) is 20.3 Å². The number of rotatable bonds is 9. The monoisotopic (exact) mass is 532 g/mol. The second-order valence-corrected chi connectivity index (χ2v) is 15.6. The van der Waals surface area contributed by atoms with Gasteiger partial charge in [0.2, 0.25) is 0 Å². The maximum Gasteiger partial charge on any atom is 0.193 e. The van der Waals surface area contributed by atoms with Crippen molar-refractivity contribution in [3.8, 4) is 28.6 Å². The standard InChI is InChI=1S/C31H36O6Si/c1-31(2,3)38(6,7)36-20-22-15-24-25(32)18-27(37-30(24)29(16-22)34-5)23-13-14-26(28(17-23)33-4)35-19-21-11-9-8-10-12-21/h8-18H,19-20H2,1-7H3. The fourth-order valence-electron chi connectivity index (χ4n) is 3.82. The van der Waals surface area contributed by atoms with Crippen molar-refractivity contribution < 1.29 is 23.1 Å². The van der Waals surface area contributed by atoms with Crippen LogP contribution in [0.1, 0.15) is 31.9 Å². The third kappa shape index (κ3) is 5.95. The second-order valence-electron chi connectivity index (χ2n) is 10.8. The normalized spacial score (nSPS) is 12.0. The molecular formula is C31H36O6Si. The van der Waals surface area contributed by atoms with Gasteiger partial charge in [-0.25, -0.2) is 0 Å². The van der Waals surface area contributed by atoms with Crippen molar-refractivity contribution >= 4 is 19.3 Å². The molecule has 200 valence electrons. The molecule has 1 aromatic heterocycles. The summed E-state index contributed by atoms with van der Waals surface area (Å²) in [4.78, 5) is 13.2. The fourth-order valence-corrected chi connectivity index (χ4v) is 4.78. The van der Waals surface area contributed by atoms with E-state index >= 15 is 0 Å². The summed E-state index contributed by atoms with van der Waals surface area (Å²) in [5, 5.41) is 0.544. The molecule has 38 heavy (non-hydrogen) atoms. The maximum absolute atomic E-state index is 13.2. The van der Waals surface area contributed by atoms with Crippen LogP contribution in [0, 0.1) is 0 Å². The Balaban J connectivity index is 1.64. The smallest absolute Gasteiger partial charge is 0.193 e. The Morgan fingerprint density at radius 1 is 0.789 bits per heavy atom. The minimum absolute atomic E-state index is 0.0883. The van der Waals surface area contributed by atoms with E-state index < -0.39 is 8.32 Å². The number of benzene rings is 3. The molecule has 0 fully saturated rings. The van der Waals surface area contributed by atoms with Crippen molar-refractivity contribution in [3.63, 3.8) is 0 Å². The van der Waals surface area contributed by atoms with Gasteiger partial charge in [-0.1, -0.05) is 51.1 Å². The quantitative estimate of drug-likeness (QED) is 0.207. The summed E-state index contributed by atoms with van der Waals surface area (Å²) in [5.74, 6) is 2.06. The maximum atomic E-state index is 13.2. The zero-order chi connectivity index (χ0) is 27.5. The third-order valence-corrected chi connectivity index (χ3v) is 11.6. The van der Waals surface area contributed by atoms with E-state index in [1.807, 2.05) is 54.6 Å². The predicted molar refractivity (Wildman–Crippen MR) is 154 cm³/mol. The van der Waals surface area contributed by atoms with Crippen LogP contribution in [0.2, 0.25) is 18.1 Å². The van der Waals surface area contributed by atoms with E-state index in [0.717, 1.165) is 11.1 Å². The van der Waals surface area contributed by atoms with Crippen LogP contribution in [0.4, 0.5) is 0 Å². The Labute approximate surface area is 225 Å². The van der Waals surface area contributed by atoms with Gasteiger partial charge in [0, 0.05) is 11.6 Å². The van der Waals surface area contributed by atoms with Gasteiger partial charge in [-0.05, 0) is 59.6 Å². The molecule has 0 aliphatic rings. The molecule has 1 heterocycles. The summed E-state index contributed by atoms with van der Waals surface area (Å²) < 4.78 is 29.8. The molecule has 0 N–H and O–H groups in total. The number of ether oxygens (including phenoxy) is 3. The topological polar surface area (TPSA) is 67.1 Å². The first-order valence-corrected chi connectivity index (χ1v) is 15.6. The number of hydrogen-bond acceptors (Lipinski definition) is 6. The summed E-state index contributed by atoms with van der Waals surface area (Å²) in [6.45, 7) is 11.8. The Morgan fingerprint density at radius 3 is 2.16 bits per heavy atom. The van der Waals surface area contributed by atoms with Crippen LogP contribution in [0.3, 0.4) is 0 Å². The Bertz CT molecular complexity index is 1470. The molecule has 0 atom stereocenters. The molecule has 0 amide bonds. The summed E-state index contributed by atoms with van der Waals surface area (Å²) >= 11 is 0.